The van der Waals surface area contributed by atoms with Crippen molar-refractivity contribution in [3.05, 3.63) is 42.1 Å². The van der Waals surface area contributed by atoms with Gasteiger partial charge in [-0.15, -0.1) is 0 Å². The largest absolute Gasteiger partial charge is 0.480 e. The molecule has 104 valence electrons. The van der Waals surface area contributed by atoms with Gasteiger partial charge in [-0.3, -0.25) is 14.7 Å². The van der Waals surface area contributed by atoms with Gasteiger partial charge in [0, 0.05) is 18.1 Å². The molecule has 2 unspecified atom stereocenters. The van der Waals surface area contributed by atoms with Crippen LogP contribution in [0.3, 0.4) is 0 Å². The van der Waals surface area contributed by atoms with Crippen LogP contribution in [0.4, 0.5) is 0 Å². The van der Waals surface area contributed by atoms with Crippen LogP contribution in [0, 0.1) is 5.92 Å². The second-order valence-corrected chi connectivity index (χ2v) is 5.51. The van der Waals surface area contributed by atoms with Crippen LogP contribution in [-0.4, -0.2) is 33.5 Å². The zero-order valence-electron chi connectivity index (χ0n) is 11.5. The number of pyridine rings is 1. The number of fused-ring (bicyclic) bond motifs is 1. The highest BCUT2D eigenvalue weighted by atomic mass is 16.4. The van der Waals surface area contributed by atoms with Gasteiger partial charge in [0.1, 0.15) is 6.04 Å². The number of rotatable bonds is 3. The van der Waals surface area contributed by atoms with Crippen molar-refractivity contribution in [3.63, 3.8) is 0 Å². The molecule has 1 saturated heterocycles. The van der Waals surface area contributed by atoms with Gasteiger partial charge in [-0.2, -0.15) is 0 Å². The van der Waals surface area contributed by atoms with Crippen LogP contribution in [0.1, 0.15) is 18.9 Å². The van der Waals surface area contributed by atoms with Gasteiger partial charge in [0.25, 0.3) is 0 Å². The molecule has 3 rings (SSSR count). The number of nitrogens with zero attached hydrogens (tertiary/aromatic N) is 2. The molecule has 4 heteroatoms. The maximum atomic E-state index is 11.4. The Labute approximate surface area is 118 Å². The van der Waals surface area contributed by atoms with Crippen molar-refractivity contribution in [1.29, 1.82) is 0 Å². The number of benzene rings is 1. The van der Waals surface area contributed by atoms with E-state index in [9.17, 15) is 9.90 Å². The Morgan fingerprint density at radius 1 is 1.40 bits per heavy atom. The molecule has 0 aliphatic carbocycles. The van der Waals surface area contributed by atoms with Gasteiger partial charge in [0.05, 0.1) is 5.52 Å². The lowest BCUT2D eigenvalue weighted by molar-refractivity contribution is -0.143. The summed E-state index contributed by atoms with van der Waals surface area (Å²) < 4.78 is 0. The first-order valence-corrected chi connectivity index (χ1v) is 6.96. The molecule has 2 aromatic rings. The zero-order valence-corrected chi connectivity index (χ0v) is 11.5. The molecule has 1 aliphatic rings. The molecule has 2 heterocycles. The fraction of sp³-hybridized carbons (Fsp3) is 0.375. The van der Waals surface area contributed by atoms with E-state index in [1.807, 2.05) is 37.3 Å². The Kier molecular flexibility index (Phi) is 3.40. The average molecular weight is 270 g/mol. The van der Waals surface area contributed by atoms with E-state index < -0.39 is 5.97 Å². The molecule has 1 aromatic heterocycles. The summed E-state index contributed by atoms with van der Waals surface area (Å²) in [5.74, 6) is -0.515. The quantitative estimate of drug-likeness (QED) is 0.931. The first-order chi connectivity index (χ1) is 9.66. The van der Waals surface area contributed by atoms with Gasteiger partial charge in [-0.1, -0.05) is 31.2 Å². The molecule has 0 amide bonds. The first-order valence-electron chi connectivity index (χ1n) is 6.96. The third kappa shape index (κ3) is 2.27. The maximum absolute atomic E-state index is 11.4. The fourth-order valence-electron chi connectivity index (χ4n) is 3.12. The number of likely N-dealkylation sites (tertiary alicyclic amines) is 1. The van der Waals surface area contributed by atoms with Crippen molar-refractivity contribution < 1.29 is 9.90 Å². The topological polar surface area (TPSA) is 53.4 Å². The maximum Gasteiger partial charge on any atom is 0.321 e. The second kappa shape index (κ2) is 5.21. The van der Waals surface area contributed by atoms with Crippen LogP contribution in [0.25, 0.3) is 10.9 Å². The summed E-state index contributed by atoms with van der Waals surface area (Å²) in [5.41, 5.74) is 2.07. The van der Waals surface area contributed by atoms with Gasteiger partial charge >= 0.3 is 5.97 Å². The second-order valence-electron chi connectivity index (χ2n) is 5.51. The van der Waals surface area contributed by atoms with Crippen LogP contribution in [-0.2, 0) is 11.3 Å². The fourth-order valence-corrected chi connectivity index (χ4v) is 3.12. The number of hydrogen-bond donors (Lipinski definition) is 1. The lowest BCUT2D eigenvalue weighted by atomic mass is 10.0. The highest BCUT2D eigenvalue weighted by Crippen LogP contribution is 2.27. The molecule has 1 fully saturated rings. The van der Waals surface area contributed by atoms with Crippen molar-refractivity contribution >= 4 is 16.9 Å². The Morgan fingerprint density at radius 3 is 3.00 bits per heavy atom. The number of carboxylic acid groups (broad SMARTS) is 1. The summed E-state index contributed by atoms with van der Waals surface area (Å²) in [6, 6.07) is 9.66. The molecule has 0 radical (unpaired) electrons. The number of carboxylic acids is 1. The number of aromatic nitrogens is 1. The van der Waals surface area contributed by atoms with Crippen LogP contribution >= 0.6 is 0 Å². The molecule has 0 spiro atoms. The lowest BCUT2D eigenvalue weighted by Gasteiger charge is -2.23. The summed E-state index contributed by atoms with van der Waals surface area (Å²) >= 11 is 0. The molecule has 0 saturated carbocycles. The molecule has 4 nitrogen and oxygen atoms in total. The van der Waals surface area contributed by atoms with Crippen molar-refractivity contribution in [2.45, 2.75) is 25.9 Å². The van der Waals surface area contributed by atoms with E-state index in [0.29, 0.717) is 6.54 Å². The van der Waals surface area contributed by atoms with Crippen LogP contribution < -0.4 is 0 Å². The summed E-state index contributed by atoms with van der Waals surface area (Å²) in [6.45, 7) is 3.50. The van der Waals surface area contributed by atoms with Gasteiger partial charge < -0.3 is 5.11 Å². The van der Waals surface area contributed by atoms with Crippen molar-refractivity contribution in [2.75, 3.05) is 6.54 Å². The van der Waals surface area contributed by atoms with Crippen LogP contribution in [0.15, 0.2) is 36.5 Å². The third-order valence-corrected chi connectivity index (χ3v) is 4.15. The Hall–Kier alpha value is -1.94. The van der Waals surface area contributed by atoms with Crippen LogP contribution in [0.5, 0.6) is 0 Å². The Balaban J connectivity index is 1.92. The molecule has 1 aliphatic heterocycles. The van der Waals surface area contributed by atoms with E-state index in [4.69, 9.17) is 0 Å². The Morgan fingerprint density at radius 2 is 2.20 bits per heavy atom. The monoisotopic (exact) mass is 270 g/mol. The summed E-state index contributed by atoms with van der Waals surface area (Å²) in [4.78, 5) is 17.9. The summed E-state index contributed by atoms with van der Waals surface area (Å²) in [6.07, 6.45) is 2.72. The highest BCUT2D eigenvalue weighted by Gasteiger charge is 2.36. The lowest BCUT2D eigenvalue weighted by Crippen LogP contribution is -2.38. The minimum absolute atomic E-state index is 0.204. The molecule has 1 N–H and O–H groups in total. The SMILES string of the molecule is CC1CCN(Cc2cccc3cccnc23)C1C(=O)O. The number of carbonyl (C=O) groups is 1. The molecular weight excluding hydrogens is 252 g/mol. The standard InChI is InChI=1S/C16H18N2O2/c1-11-7-9-18(15(11)16(19)20)10-13-5-2-4-12-6-3-8-17-14(12)13/h2-6,8,11,15H,7,9-10H2,1H3,(H,19,20). The Bertz CT molecular complexity index is 636. The van der Waals surface area contributed by atoms with Crippen molar-refractivity contribution in [2.24, 2.45) is 5.92 Å². The molecule has 1 aromatic carbocycles. The van der Waals surface area contributed by atoms with E-state index in [1.54, 1.807) is 6.20 Å². The predicted octanol–water partition coefficient (Wildman–Crippen LogP) is 2.53. The van der Waals surface area contributed by atoms with Gasteiger partial charge in [-0.05, 0) is 30.5 Å². The number of aliphatic carboxylic acids is 1. The molecule has 0 bridgehead atoms. The smallest absolute Gasteiger partial charge is 0.321 e. The minimum atomic E-state index is -0.719. The van der Waals surface area contributed by atoms with Gasteiger partial charge in [-0.25, -0.2) is 0 Å². The molecule has 2 atom stereocenters. The third-order valence-electron chi connectivity index (χ3n) is 4.15. The first kappa shape index (κ1) is 13.1. The van der Waals surface area contributed by atoms with Gasteiger partial charge in [0.2, 0.25) is 0 Å². The van der Waals surface area contributed by atoms with E-state index in [1.165, 1.54) is 0 Å². The van der Waals surface area contributed by atoms with E-state index in [0.717, 1.165) is 29.4 Å². The summed E-state index contributed by atoms with van der Waals surface area (Å²) in [5, 5.41) is 10.5. The van der Waals surface area contributed by atoms with Crippen LogP contribution in [0.2, 0.25) is 0 Å². The van der Waals surface area contributed by atoms with E-state index >= 15 is 0 Å². The van der Waals surface area contributed by atoms with Gasteiger partial charge in [0.15, 0.2) is 0 Å². The normalized spacial score (nSPS) is 23.2. The predicted molar refractivity (Wildman–Crippen MR) is 77.4 cm³/mol. The van der Waals surface area contributed by atoms with E-state index in [2.05, 4.69) is 9.88 Å². The molecular formula is C16H18N2O2. The summed E-state index contributed by atoms with van der Waals surface area (Å²) in [7, 11) is 0. The number of hydrogen-bond acceptors (Lipinski definition) is 3. The molecule has 20 heavy (non-hydrogen) atoms. The zero-order chi connectivity index (χ0) is 14.1. The average Bonchev–Trinajstić information content (AvgIpc) is 2.80. The minimum Gasteiger partial charge on any atom is -0.480 e. The van der Waals surface area contributed by atoms with Crippen molar-refractivity contribution in [1.82, 2.24) is 9.88 Å². The van der Waals surface area contributed by atoms with Crippen molar-refractivity contribution in [3.8, 4) is 0 Å². The highest BCUT2D eigenvalue weighted by molar-refractivity contribution is 5.81. The number of para-hydroxylation sites is 1. The van der Waals surface area contributed by atoms with E-state index in [-0.39, 0.29) is 12.0 Å².